The Labute approximate surface area is 98.3 Å². The van der Waals surface area contributed by atoms with Gasteiger partial charge in [0.1, 0.15) is 12.0 Å². The average Bonchev–Trinajstić information content (AvgIpc) is 2.77. The van der Waals surface area contributed by atoms with Crippen LogP contribution < -0.4 is 0 Å². The second-order valence-electron chi connectivity index (χ2n) is 2.95. The van der Waals surface area contributed by atoms with Crippen molar-refractivity contribution in [1.82, 2.24) is 24.7 Å². The van der Waals surface area contributed by atoms with E-state index in [0.29, 0.717) is 4.68 Å². The van der Waals surface area contributed by atoms with Gasteiger partial charge in [0, 0.05) is 12.4 Å². The van der Waals surface area contributed by atoms with Gasteiger partial charge in [-0.1, -0.05) is 11.6 Å². The highest BCUT2D eigenvalue weighted by Gasteiger charge is 2.23. The van der Waals surface area contributed by atoms with Crippen molar-refractivity contribution in [2.24, 2.45) is 0 Å². The summed E-state index contributed by atoms with van der Waals surface area (Å²) < 4.78 is 37.5. The maximum Gasteiger partial charge on any atom is 0.289 e. The van der Waals surface area contributed by atoms with Crippen LogP contribution >= 0.6 is 11.6 Å². The molecule has 0 amide bonds. The van der Waals surface area contributed by atoms with E-state index >= 15 is 0 Å². The van der Waals surface area contributed by atoms with E-state index in [1.54, 1.807) is 0 Å². The van der Waals surface area contributed by atoms with Gasteiger partial charge in [0.2, 0.25) is 5.82 Å². The topological polar surface area (TPSA) is 56.5 Å². The molecule has 0 bridgehead atoms. The third-order valence-corrected chi connectivity index (χ3v) is 2.11. The second-order valence-corrected chi connectivity index (χ2v) is 3.31. The Morgan fingerprint density at radius 2 is 1.82 bits per heavy atom. The molecule has 1 unspecified atom stereocenters. The summed E-state index contributed by atoms with van der Waals surface area (Å²) in [6.45, 7) is 0. The van der Waals surface area contributed by atoms with Crippen LogP contribution in [0.15, 0.2) is 18.7 Å². The van der Waals surface area contributed by atoms with Gasteiger partial charge in [-0.3, -0.25) is 0 Å². The average molecular weight is 264 g/mol. The summed E-state index contributed by atoms with van der Waals surface area (Å²) in [6, 6.07) is 0. The summed E-state index contributed by atoms with van der Waals surface area (Å²) in [7, 11) is 0. The fourth-order valence-electron chi connectivity index (χ4n) is 1.09. The fourth-order valence-corrected chi connectivity index (χ4v) is 1.28. The van der Waals surface area contributed by atoms with E-state index in [4.69, 9.17) is 11.6 Å². The van der Waals surface area contributed by atoms with Crippen molar-refractivity contribution < 1.29 is 13.2 Å². The highest BCUT2D eigenvalue weighted by atomic mass is 35.5. The highest BCUT2D eigenvalue weighted by molar-refractivity contribution is 6.31. The maximum absolute atomic E-state index is 12.9. The van der Waals surface area contributed by atoms with E-state index in [0.717, 1.165) is 6.33 Å². The Morgan fingerprint density at radius 1 is 1.12 bits per heavy atom. The predicted octanol–water partition coefficient (Wildman–Crippen LogP) is 2.12. The Bertz CT molecular complexity index is 517. The van der Waals surface area contributed by atoms with Crippen molar-refractivity contribution >= 4 is 11.6 Å². The van der Waals surface area contributed by atoms with Crippen LogP contribution in [0.2, 0.25) is 5.15 Å². The lowest BCUT2D eigenvalue weighted by Gasteiger charge is -2.04. The van der Waals surface area contributed by atoms with Crippen LogP contribution in [0.25, 0.3) is 11.5 Å². The smallest absolute Gasteiger partial charge is 0.248 e. The number of aromatic nitrogens is 5. The van der Waals surface area contributed by atoms with Crippen LogP contribution in [0.5, 0.6) is 0 Å². The standard InChI is InChI=1S/C8H5ClF3N5/c9-5-4(13-1-2-14-5)8-15-3-17(16-8)7(12)6(10)11/h1-3,6-7H. The highest BCUT2D eigenvalue weighted by Crippen LogP contribution is 2.22. The SMILES string of the molecule is FC(F)C(F)n1cnc(-c2nccnc2Cl)n1. The summed E-state index contributed by atoms with van der Waals surface area (Å²) in [5.41, 5.74) is 0.106. The monoisotopic (exact) mass is 263 g/mol. The van der Waals surface area contributed by atoms with Gasteiger partial charge >= 0.3 is 0 Å². The zero-order valence-corrected chi connectivity index (χ0v) is 8.89. The second kappa shape index (κ2) is 4.66. The lowest BCUT2D eigenvalue weighted by Crippen LogP contribution is -2.12. The van der Waals surface area contributed by atoms with Gasteiger partial charge in [0.15, 0.2) is 5.15 Å². The Balaban J connectivity index is 2.34. The van der Waals surface area contributed by atoms with Crippen LogP contribution in [0.1, 0.15) is 6.30 Å². The van der Waals surface area contributed by atoms with E-state index in [9.17, 15) is 13.2 Å². The first-order chi connectivity index (χ1) is 8.09. The van der Waals surface area contributed by atoms with Crippen molar-refractivity contribution in [3.05, 3.63) is 23.9 Å². The molecule has 0 saturated heterocycles. The number of hydrogen-bond donors (Lipinski definition) is 0. The predicted molar refractivity (Wildman–Crippen MR) is 52.2 cm³/mol. The summed E-state index contributed by atoms with van der Waals surface area (Å²) in [5, 5.41) is 3.54. The lowest BCUT2D eigenvalue weighted by atomic mass is 10.4. The zero-order chi connectivity index (χ0) is 12.4. The number of halogens is 4. The molecule has 0 saturated carbocycles. The molecule has 90 valence electrons. The first kappa shape index (κ1) is 11.8. The summed E-state index contributed by atoms with van der Waals surface area (Å²) in [5.74, 6) is -0.0635. The van der Waals surface area contributed by atoms with E-state index in [1.165, 1.54) is 12.4 Å². The molecule has 2 aromatic rings. The van der Waals surface area contributed by atoms with Crippen LogP contribution in [-0.4, -0.2) is 31.2 Å². The number of hydrogen-bond acceptors (Lipinski definition) is 4. The van der Waals surface area contributed by atoms with Crippen molar-refractivity contribution in [2.45, 2.75) is 12.7 Å². The third kappa shape index (κ3) is 2.36. The quantitative estimate of drug-likeness (QED) is 0.851. The molecule has 0 N–H and O–H groups in total. The Hall–Kier alpha value is -1.70. The minimum Gasteiger partial charge on any atom is -0.248 e. The molecule has 0 fully saturated rings. The normalized spacial score (nSPS) is 13.0. The third-order valence-electron chi connectivity index (χ3n) is 1.83. The molecule has 0 aliphatic heterocycles. The molecule has 0 spiro atoms. The van der Waals surface area contributed by atoms with Crippen LogP contribution in [0.3, 0.4) is 0 Å². The van der Waals surface area contributed by atoms with Gasteiger partial charge in [0.05, 0.1) is 0 Å². The lowest BCUT2D eigenvalue weighted by molar-refractivity contribution is 0.000662. The molecule has 1 atom stereocenters. The van der Waals surface area contributed by atoms with E-state index in [-0.39, 0.29) is 16.7 Å². The summed E-state index contributed by atoms with van der Waals surface area (Å²) in [4.78, 5) is 11.2. The number of rotatable bonds is 3. The van der Waals surface area contributed by atoms with Gasteiger partial charge in [-0.25, -0.2) is 32.8 Å². The van der Waals surface area contributed by atoms with Gasteiger partial charge < -0.3 is 0 Å². The van der Waals surface area contributed by atoms with Crippen molar-refractivity contribution in [1.29, 1.82) is 0 Å². The Morgan fingerprint density at radius 3 is 2.47 bits per heavy atom. The molecule has 2 aromatic heterocycles. The van der Waals surface area contributed by atoms with Crippen LogP contribution in [-0.2, 0) is 0 Å². The van der Waals surface area contributed by atoms with Crippen molar-refractivity contribution in [2.75, 3.05) is 0 Å². The minimum absolute atomic E-state index is 0.0118. The molecular formula is C8H5ClF3N5. The Kier molecular flexibility index (Phi) is 3.23. The zero-order valence-electron chi connectivity index (χ0n) is 8.13. The number of nitrogens with zero attached hydrogens (tertiary/aromatic N) is 5. The van der Waals surface area contributed by atoms with Crippen molar-refractivity contribution in [3.63, 3.8) is 0 Å². The number of alkyl halides is 3. The van der Waals surface area contributed by atoms with Gasteiger partial charge in [0.25, 0.3) is 12.7 Å². The molecule has 17 heavy (non-hydrogen) atoms. The summed E-state index contributed by atoms with van der Waals surface area (Å²) in [6.07, 6.45) is -2.20. The molecular weight excluding hydrogens is 259 g/mol. The largest absolute Gasteiger partial charge is 0.289 e. The van der Waals surface area contributed by atoms with Gasteiger partial charge in [-0.2, -0.15) is 0 Å². The maximum atomic E-state index is 12.9. The molecule has 2 heterocycles. The molecule has 0 aromatic carbocycles. The van der Waals surface area contributed by atoms with Crippen molar-refractivity contribution in [3.8, 4) is 11.5 Å². The molecule has 0 aliphatic rings. The minimum atomic E-state index is -3.18. The van der Waals surface area contributed by atoms with E-state index in [1.807, 2.05) is 0 Å². The summed E-state index contributed by atoms with van der Waals surface area (Å²) >= 11 is 5.71. The van der Waals surface area contributed by atoms with E-state index < -0.39 is 12.7 Å². The fraction of sp³-hybridized carbons (Fsp3) is 0.250. The van der Waals surface area contributed by atoms with Crippen LogP contribution in [0.4, 0.5) is 13.2 Å². The molecule has 5 nitrogen and oxygen atoms in total. The molecule has 2 rings (SSSR count). The molecule has 9 heteroatoms. The van der Waals surface area contributed by atoms with Gasteiger partial charge in [-0.15, -0.1) is 5.10 Å². The first-order valence-corrected chi connectivity index (χ1v) is 4.77. The van der Waals surface area contributed by atoms with Gasteiger partial charge in [-0.05, 0) is 0 Å². The molecule has 0 aliphatic carbocycles. The van der Waals surface area contributed by atoms with E-state index in [2.05, 4.69) is 20.1 Å². The molecule has 0 radical (unpaired) electrons. The van der Waals surface area contributed by atoms with Crippen LogP contribution in [0, 0.1) is 0 Å². The first-order valence-electron chi connectivity index (χ1n) is 4.40.